The molecule has 1 aliphatic heterocycles. The topological polar surface area (TPSA) is 37.7 Å². The van der Waals surface area contributed by atoms with E-state index in [-0.39, 0.29) is 11.9 Å². The molecule has 0 saturated carbocycles. The van der Waals surface area contributed by atoms with Crippen molar-refractivity contribution in [2.45, 2.75) is 19.4 Å². The molecule has 5 heteroatoms. The van der Waals surface area contributed by atoms with Crippen LogP contribution in [0.3, 0.4) is 0 Å². The summed E-state index contributed by atoms with van der Waals surface area (Å²) in [5.41, 5.74) is 3.56. The Bertz CT molecular complexity index is 958. The minimum absolute atomic E-state index is 0.0204. The fourth-order valence-electron chi connectivity index (χ4n) is 4.13. The van der Waals surface area contributed by atoms with Gasteiger partial charge >= 0.3 is 0 Å². The number of aromatic nitrogens is 1. The number of carbonyl (C=O) groups excluding carboxylic acids is 1. The van der Waals surface area contributed by atoms with Gasteiger partial charge in [-0.3, -0.25) is 4.79 Å². The Morgan fingerprint density at radius 3 is 2.30 bits per heavy atom. The lowest BCUT2D eigenvalue weighted by atomic mass is 10.0. The lowest BCUT2D eigenvalue weighted by molar-refractivity contribution is -0.132. The maximum absolute atomic E-state index is 13.2. The quantitative estimate of drug-likeness (QED) is 0.621. The van der Waals surface area contributed by atoms with Crippen LogP contribution in [0.1, 0.15) is 23.6 Å². The maximum Gasteiger partial charge on any atom is 0.225 e. The number of rotatable bonds is 6. The summed E-state index contributed by atoms with van der Waals surface area (Å²) in [6, 6.07) is 20.6. The monoisotopic (exact) mass is 403 g/mol. The number of aryl methyl sites for hydroxylation is 1. The van der Waals surface area contributed by atoms with Crippen molar-refractivity contribution in [1.82, 2.24) is 9.47 Å². The van der Waals surface area contributed by atoms with Crippen molar-refractivity contribution in [3.63, 3.8) is 0 Å². The van der Waals surface area contributed by atoms with Gasteiger partial charge in [0.05, 0.1) is 19.6 Å². The molecule has 0 unspecified atom stereocenters. The molecule has 0 aliphatic carbocycles. The third-order valence-electron chi connectivity index (χ3n) is 5.85. The van der Waals surface area contributed by atoms with Gasteiger partial charge < -0.3 is 19.1 Å². The van der Waals surface area contributed by atoms with Crippen molar-refractivity contribution in [2.75, 3.05) is 38.2 Å². The van der Waals surface area contributed by atoms with Crippen LogP contribution in [0.15, 0.2) is 73.1 Å². The van der Waals surface area contributed by atoms with Crippen LogP contribution in [-0.4, -0.2) is 48.7 Å². The summed E-state index contributed by atoms with van der Waals surface area (Å²) in [6.45, 7) is 5.28. The van der Waals surface area contributed by atoms with Gasteiger partial charge in [-0.05, 0) is 48.9 Å². The highest BCUT2D eigenvalue weighted by atomic mass is 16.5. The zero-order valence-electron chi connectivity index (χ0n) is 17.7. The molecule has 0 bridgehead atoms. The predicted molar refractivity (Wildman–Crippen MR) is 120 cm³/mol. The van der Waals surface area contributed by atoms with E-state index < -0.39 is 0 Å². The largest absolute Gasteiger partial charge is 0.497 e. The number of hydrogen-bond donors (Lipinski definition) is 0. The number of ether oxygens (including phenoxy) is 1. The Kier molecular flexibility index (Phi) is 6.07. The summed E-state index contributed by atoms with van der Waals surface area (Å²) in [5, 5.41) is 0. The van der Waals surface area contributed by atoms with Crippen molar-refractivity contribution >= 4 is 11.6 Å². The third-order valence-corrected chi connectivity index (χ3v) is 5.85. The van der Waals surface area contributed by atoms with Gasteiger partial charge in [-0.25, -0.2) is 0 Å². The fourth-order valence-corrected chi connectivity index (χ4v) is 4.13. The Labute approximate surface area is 178 Å². The normalized spacial score (nSPS) is 15.1. The number of carbonyl (C=O) groups is 1. The van der Waals surface area contributed by atoms with Gasteiger partial charge in [0.1, 0.15) is 5.75 Å². The van der Waals surface area contributed by atoms with Gasteiger partial charge in [0.15, 0.2) is 0 Å². The Morgan fingerprint density at radius 1 is 0.967 bits per heavy atom. The van der Waals surface area contributed by atoms with Crippen molar-refractivity contribution in [1.29, 1.82) is 0 Å². The number of hydrogen-bond acceptors (Lipinski definition) is 3. The van der Waals surface area contributed by atoms with Crippen molar-refractivity contribution in [3.8, 4) is 5.75 Å². The summed E-state index contributed by atoms with van der Waals surface area (Å²) >= 11 is 0. The van der Waals surface area contributed by atoms with Gasteiger partial charge in [-0.2, -0.15) is 0 Å². The van der Waals surface area contributed by atoms with Crippen molar-refractivity contribution in [3.05, 3.63) is 84.2 Å². The molecule has 1 aromatic heterocycles. The molecule has 1 amide bonds. The van der Waals surface area contributed by atoms with Crippen LogP contribution in [0.4, 0.5) is 5.69 Å². The Balaban J connectivity index is 1.41. The summed E-state index contributed by atoms with van der Waals surface area (Å²) in [7, 11) is 1.68. The van der Waals surface area contributed by atoms with Crippen LogP contribution >= 0.6 is 0 Å². The number of piperazine rings is 1. The van der Waals surface area contributed by atoms with Crippen molar-refractivity contribution < 1.29 is 9.53 Å². The van der Waals surface area contributed by atoms with Crippen LogP contribution < -0.4 is 9.64 Å². The van der Waals surface area contributed by atoms with E-state index >= 15 is 0 Å². The van der Waals surface area contributed by atoms with E-state index in [1.807, 2.05) is 41.6 Å². The molecule has 5 nitrogen and oxygen atoms in total. The fraction of sp³-hybridized carbons (Fsp3) is 0.320. The second kappa shape index (κ2) is 9.08. The standard InChI is InChI=1S/C25H29N3O2/c1-20-6-5-7-21(18-20)24(27-12-3-4-13-27)19-25(29)28-16-14-26(15-17-28)22-8-10-23(30-2)11-9-22/h3-13,18,24H,14-17,19H2,1-2H3/t24-/m1/s1. The number of nitrogens with zero attached hydrogens (tertiary/aromatic N) is 3. The minimum Gasteiger partial charge on any atom is -0.497 e. The molecule has 0 radical (unpaired) electrons. The van der Waals surface area contributed by atoms with Gasteiger partial charge in [-0.1, -0.05) is 29.8 Å². The summed E-state index contributed by atoms with van der Waals surface area (Å²) in [5.74, 6) is 1.07. The van der Waals surface area contributed by atoms with E-state index in [1.54, 1.807) is 7.11 Å². The van der Waals surface area contributed by atoms with E-state index in [0.717, 1.165) is 31.9 Å². The smallest absolute Gasteiger partial charge is 0.225 e. The molecular weight excluding hydrogens is 374 g/mol. The molecule has 1 saturated heterocycles. The van der Waals surface area contributed by atoms with Crippen LogP contribution in [0.2, 0.25) is 0 Å². The van der Waals surface area contributed by atoms with E-state index in [2.05, 4.69) is 52.8 Å². The first-order chi connectivity index (χ1) is 14.6. The molecule has 30 heavy (non-hydrogen) atoms. The zero-order valence-corrected chi connectivity index (χ0v) is 17.7. The summed E-state index contributed by atoms with van der Waals surface area (Å²) < 4.78 is 7.38. The maximum atomic E-state index is 13.2. The van der Waals surface area contributed by atoms with Crippen LogP contribution in [-0.2, 0) is 4.79 Å². The Hall–Kier alpha value is -3.21. The second-order valence-electron chi connectivity index (χ2n) is 7.83. The first kappa shape index (κ1) is 20.1. The van der Waals surface area contributed by atoms with Crippen molar-refractivity contribution in [2.24, 2.45) is 0 Å². The summed E-state index contributed by atoms with van der Waals surface area (Å²) in [6.07, 6.45) is 4.56. The SMILES string of the molecule is COc1ccc(N2CCN(C(=O)C[C@H](c3cccc(C)c3)n3cccc3)CC2)cc1. The highest BCUT2D eigenvalue weighted by molar-refractivity contribution is 5.77. The number of methoxy groups -OCH3 is 1. The molecule has 4 rings (SSSR count). The first-order valence-electron chi connectivity index (χ1n) is 10.5. The molecule has 2 aromatic carbocycles. The molecule has 1 aliphatic rings. The van der Waals surface area contributed by atoms with Gasteiger partial charge in [-0.15, -0.1) is 0 Å². The zero-order chi connectivity index (χ0) is 20.9. The highest BCUT2D eigenvalue weighted by Gasteiger charge is 2.25. The van der Waals surface area contributed by atoms with Crippen LogP contribution in [0.5, 0.6) is 5.75 Å². The van der Waals surface area contributed by atoms with E-state index in [9.17, 15) is 4.79 Å². The van der Waals surface area contributed by atoms with E-state index in [1.165, 1.54) is 16.8 Å². The molecule has 0 spiro atoms. The van der Waals surface area contributed by atoms with E-state index in [4.69, 9.17) is 4.74 Å². The lowest BCUT2D eigenvalue weighted by Crippen LogP contribution is -2.49. The lowest BCUT2D eigenvalue weighted by Gasteiger charge is -2.37. The average molecular weight is 404 g/mol. The van der Waals surface area contributed by atoms with E-state index in [0.29, 0.717) is 6.42 Å². The number of benzene rings is 2. The molecule has 3 aromatic rings. The highest BCUT2D eigenvalue weighted by Crippen LogP contribution is 2.25. The second-order valence-corrected chi connectivity index (χ2v) is 7.83. The molecule has 1 fully saturated rings. The minimum atomic E-state index is 0.0204. The number of amides is 1. The molecule has 2 heterocycles. The summed E-state index contributed by atoms with van der Waals surface area (Å²) in [4.78, 5) is 17.5. The molecule has 156 valence electrons. The van der Waals surface area contributed by atoms with Crippen LogP contribution in [0, 0.1) is 6.92 Å². The third kappa shape index (κ3) is 4.51. The van der Waals surface area contributed by atoms with Gasteiger partial charge in [0.2, 0.25) is 5.91 Å². The molecule has 1 atom stereocenters. The molecule has 0 N–H and O–H groups in total. The predicted octanol–water partition coefficient (Wildman–Crippen LogP) is 4.13. The van der Waals surface area contributed by atoms with Crippen LogP contribution in [0.25, 0.3) is 0 Å². The average Bonchev–Trinajstić information content (AvgIpc) is 3.32. The number of anilines is 1. The first-order valence-corrected chi connectivity index (χ1v) is 10.5. The van der Waals surface area contributed by atoms with Gasteiger partial charge in [0, 0.05) is 44.3 Å². The van der Waals surface area contributed by atoms with Gasteiger partial charge in [0.25, 0.3) is 0 Å². The molecular formula is C25H29N3O2. The Morgan fingerprint density at radius 2 is 1.67 bits per heavy atom.